The van der Waals surface area contributed by atoms with Crippen LogP contribution in [0, 0.1) is 0 Å². The number of methoxy groups -OCH3 is 1. The van der Waals surface area contributed by atoms with Crippen LogP contribution in [0.25, 0.3) is 0 Å². The third-order valence-corrected chi connectivity index (χ3v) is 2.05. The molecule has 96 valence electrons. The normalized spacial score (nSPS) is 12.4. The van der Waals surface area contributed by atoms with E-state index in [0.29, 0.717) is 19.8 Å². The van der Waals surface area contributed by atoms with Gasteiger partial charge in [0, 0.05) is 20.2 Å². The molecule has 0 saturated heterocycles. The highest BCUT2D eigenvalue weighted by Gasteiger charge is 2.11. The van der Waals surface area contributed by atoms with Crippen molar-refractivity contribution in [2.45, 2.75) is 26.4 Å². The number of ether oxygens (including phenoxy) is 2. The van der Waals surface area contributed by atoms with E-state index in [1.54, 1.807) is 14.0 Å². The zero-order valence-electron chi connectivity index (χ0n) is 10.5. The van der Waals surface area contributed by atoms with Gasteiger partial charge in [-0.25, -0.2) is 0 Å². The zero-order chi connectivity index (χ0) is 12.2. The maximum atomic E-state index is 11.4. The molecular weight excluding hydrogens is 208 g/mol. The molecule has 0 bridgehead atoms. The van der Waals surface area contributed by atoms with Crippen molar-refractivity contribution in [2.24, 2.45) is 0 Å². The molecule has 2 N–H and O–H groups in total. The molecule has 0 aromatic rings. The van der Waals surface area contributed by atoms with Gasteiger partial charge in [0.1, 0.15) is 6.10 Å². The Labute approximate surface area is 97.9 Å². The van der Waals surface area contributed by atoms with Crippen LogP contribution in [0.15, 0.2) is 0 Å². The lowest BCUT2D eigenvalue weighted by Gasteiger charge is -2.13. The third kappa shape index (κ3) is 8.64. The van der Waals surface area contributed by atoms with Crippen LogP contribution < -0.4 is 10.6 Å². The van der Waals surface area contributed by atoms with E-state index in [1.807, 2.05) is 0 Å². The first kappa shape index (κ1) is 15.3. The first-order chi connectivity index (χ1) is 7.72. The molecule has 1 atom stereocenters. The molecule has 0 aliphatic rings. The van der Waals surface area contributed by atoms with Crippen LogP contribution in [-0.4, -0.2) is 52.0 Å². The summed E-state index contributed by atoms with van der Waals surface area (Å²) in [4.78, 5) is 11.4. The number of nitrogens with one attached hydrogen (secondary N) is 2. The van der Waals surface area contributed by atoms with E-state index in [9.17, 15) is 4.79 Å². The van der Waals surface area contributed by atoms with Crippen LogP contribution in [0.1, 0.15) is 20.3 Å². The maximum Gasteiger partial charge on any atom is 0.248 e. The van der Waals surface area contributed by atoms with Crippen molar-refractivity contribution in [1.29, 1.82) is 0 Å². The number of rotatable bonds is 10. The monoisotopic (exact) mass is 232 g/mol. The summed E-state index contributed by atoms with van der Waals surface area (Å²) in [7, 11) is 1.60. The van der Waals surface area contributed by atoms with Crippen molar-refractivity contribution in [1.82, 2.24) is 10.6 Å². The van der Waals surface area contributed by atoms with Gasteiger partial charge in [0.2, 0.25) is 5.91 Å². The smallest absolute Gasteiger partial charge is 0.248 e. The van der Waals surface area contributed by atoms with Crippen LogP contribution in [0.5, 0.6) is 0 Å². The maximum absolute atomic E-state index is 11.4. The summed E-state index contributed by atoms with van der Waals surface area (Å²) in [6, 6.07) is 0. The Morgan fingerprint density at radius 1 is 1.25 bits per heavy atom. The van der Waals surface area contributed by atoms with Crippen LogP contribution in [-0.2, 0) is 14.3 Å². The molecule has 5 nitrogen and oxygen atoms in total. The van der Waals surface area contributed by atoms with E-state index in [-0.39, 0.29) is 5.91 Å². The average Bonchev–Trinajstić information content (AvgIpc) is 2.28. The molecule has 5 heteroatoms. The molecule has 0 rings (SSSR count). The van der Waals surface area contributed by atoms with E-state index in [2.05, 4.69) is 17.6 Å². The second-order valence-electron chi connectivity index (χ2n) is 3.55. The van der Waals surface area contributed by atoms with Gasteiger partial charge in [-0.3, -0.25) is 4.79 Å². The molecule has 0 aliphatic heterocycles. The van der Waals surface area contributed by atoms with Crippen LogP contribution >= 0.6 is 0 Å². The Hall–Kier alpha value is -0.650. The van der Waals surface area contributed by atoms with Gasteiger partial charge >= 0.3 is 0 Å². The van der Waals surface area contributed by atoms with Gasteiger partial charge in [-0.1, -0.05) is 6.92 Å². The molecule has 0 spiro atoms. The van der Waals surface area contributed by atoms with Crippen molar-refractivity contribution in [2.75, 3.05) is 40.0 Å². The third-order valence-electron chi connectivity index (χ3n) is 2.05. The summed E-state index contributed by atoms with van der Waals surface area (Å²) in [6.07, 6.45) is 0.702. The molecule has 0 aliphatic carbocycles. The predicted octanol–water partition coefficient (Wildman–Crippen LogP) is 0.154. The fourth-order valence-corrected chi connectivity index (χ4v) is 1.11. The van der Waals surface area contributed by atoms with E-state index in [1.165, 1.54) is 0 Å². The van der Waals surface area contributed by atoms with Gasteiger partial charge in [-0.05, 0) is 19.9 Å². The summed E-state index contributed by atoms with van der Waals surface area (Å²) in [5.74, 6) is -0.0902. The van der Waals surface area contributed by atoms with E-state index >= 15 is 0 Å². The molecule has 1 unspecified atom stereocenters. The highest BCUT2D eigenvalue weighted by atomic mass is 16.5. The summed E-state index contributed by atoms with van der Waals surface area (Å²) >= 11 is 0. The Balaban J connectivity index is 3.40. The topological polar surface area (TPSA) is 59.6 Å². The van der Waals surface area contributed by atoms with Gasteiger partial charge in [-0.15, -0.1) is 0 Å². The molecule has 16 heavy (non-hydrogen) atoms. The van der Waals surface area contributed by atoms with Gasteiger partial charge in [0.25, 0.3) is 0 Å². The molecular formula is C11H24N2O3. The van der Waals surface area contributed by atoms with Crippen molar-refractivity contribution < 1.29 is 14.3 Å². The summed E-state index contributed by atoms with van der Waals surface area (Å²) in [5.41, 5.74) is 0. The standard InChI is InChI=1S/C11H24N2O3/c1-4-5-12-6-9-16-10(2)11(14)13-7-8-15-3/h10,12H,4-9H2,1-3H3,(H,13,14). The lowest BCUT2D eigenvalue weighted by atomic mass is 10.3. The Morgan fingerprint density at radius 2 is 2.00 bits per heavy atom. The first-order valence-electron chi connectivity index (χ1n) is 5.81. The molecule has 1 amide bonds. The minimum absolute atomic E-state index is 0.0902. The number of carbonyl (C=O) groups is 1. The number of amides is 1. The summed E-state index contributed by atoms with van der Waals surface area (Å²) < 4.78 is 10.2. The highest BCUT2D eigenvalue weighted by molar-refractivity contribution is 5.80. The molecule has 0 aromatic carbocycles. The van der Waals surface area contributed by atoms with Crippen molar-refractivity contribution in [3.8, 4) is 0 Å². The predicted molar refractivity (Wildman–Crippen MR) is 63.5 cm³/mol. The summed E-state index contributed by atoms with van der Waals surface area (Å²) in [6.45, 7) is 7.23. The fraction of sp³-hybridized carbons (Fsp3) is 0.909. The SMILES string of the molecule is CCCNCCOC(C)C(=O)NCCOC. The second-order valence-corrected chi connectivity index (χ2v) is 3.55. The van der Waals surface area contributed by atoms with Gasteiger partial charge in [0.15, 0.2) is 0 Å². The van der Waals surface area contributed by atoms with E-state index in [0.717, 1.165) is 19.5 Å². The minimum atomic E-state index is -0.403. The number of hydrogen-bond acceptors (Lipinski definition) is 4. The quantitative estimate of drug-likeness (QED) is 0.527. The highest BCUT2D eigenvalue weighted by Crippen LogP contribution is 1.89. The van der Waals surface area contributed by atoms with Crippen molar-refractivity contribution in [3.05, 3.63) is 0 Å². The average molecular weight is 232 g/mol. The zero-order valence-corrected chi connectivity index (χ0v) is 10.5. The van der Waals surface area contributed by atoms with Gasteiger partial charge < -0.3 is 20.1 Å². The van der Waals surface area contributed by atoms with E-state index < -0.39 is 6.10 Å². The Morgan fingerprint density at radius 3 is 2.62 bits per heavy atom. The summed E-state index contributed by atoms with van der Waals surface area (Å²) in [5, 5.41) is 5.93. The number of hydrogen-bond donors (Lipinski definition) is 2. The van der Waals surface area contributed by atoms with E-state index in [4.69, 9.17) is 9.47 Å². The molecule has 0 saturated carbocycles. The molecule has 0 fully saturated rings. The molecule has 0 heterocycles. The second kappa shape index (κ2) is 10.9. The van der Waals surface area contributed by atoms with Crippen LogP contribution in [0.4, 0.5) is 0 Å². The largest absolute Gasteiger partial charge is 0.383 e. The number of carbonyl (C=O) groups excluding carboxylic acids is 1. The minimum Gasteiger partial charge on any atom is -0.383 e. The molecule has 0 aromatic heterocycles. The van der Waals surface area contributed by atoms with Crippen LogP contribution in [0.2, 0.25) is 0 Å². The lowest BCUT2D eigenvalue weighted by molar-refractivity contribution is -0.131. The Kier molecular flexibility index (Phi) is 10.4. The van der Waals surface area contributed by atoms with Crippen molar-refractivity contribution in [3.63, 3.8) is 0 Å². The van der Waals surface area contributed by atoms with Crippen molar-refractivity contribution >= 4 is 5.91 Å². The Bertz CT molecular complexity index is 177. The molecule has 0 radical (unpaired) electrons. The van der Waals surface area contributed by atoms with Gasteiger partial charge in [0.05, 0.1) is 13.2 Å². The lowest BCUT2D eigenvalue weighted by Crippen LogP contribution is -2.37. The first-order valence-corrected chi connectivity index (χ1v) is 5.81. The van der Waals surface area contributed by atoms with Crippen LogP contribution in [0.3, 0.4) is 0 Å². The van der Waals surface area contributed by atoms with Gasteiger partial charge in [-0.2, -0.15) is 0 Å². The fourth-order valence-electron chi connectivity index (χ4n) is 1.11.